The van der Waals surface area contributed by atoms with Crippen molar-refractivity contribution in [3.63, 3.8) is 0 Å². The smallest absolute Gasteiger partial charge is 0.373 e. The summed E-state index contributed by atoms with van der Waals surface area (Å²) in [5.41, 5.74) is 2.87. The van der Waals surface area contributed by atoms with Gasteiger partial charge in [-0.25, -0.2) is 9.59 Å². The molecule has 3 aromatic rings. The molecule has 1 fully saturated rings. The molecule has 1 aliphatic rings. The van der Waals surface area contributed by atoms with Gasteiger partial charge >= 0.3 is 12.0 Å². The van der Waals surface area contributed by atoms with E-state index in [0.29, 0.717) is 17.9 Å². The molecule has 0 aliphatic carbocycles. The number of nitrogens with zero attached hydrogens (tertiary/aromatic N) is 1. The highest BCUT2D eigenvalue weighted by molar-refractivity contribution is 9.10. The molecule has 1 aromatic heterocycles. The molecule has 0 bridgehead atoms. The van der Waals surface area contributed by atoms with E-state index in [1.54, 1.807) is 18.2 Å². The molecule has 0 saturated carbocycles. The molecule has 2 heterocycles. The summed E-state index contributed by atoms with van der Waals surface area (Å²) in [5, 5.41) is 2.59. The third-order valence-electron chi connectivity index (χ3n) is 5.07. The van der Waals surface area contributed by atoms with Crippen LogP contribution in [0.4, 0.5) is 4.79 Å². The van der Waals surface area contributed by atoms with Crippen LogP contribution in [-0.2, 0) is 22.7 Å². The molecule has 3 amide bonds. The maximum Gasteiger partial charge on any atom is 0.373 e. The van der Waals surface area contributed by atoms with Crippen LogP contribution in [0.2, 0.25) is 0 Å². The van der Waals surface area contributed by atoms with Gasteiger partial charge in [0.2, 0.25) is 5.76 Å². The summed E-state index contributed by atoms with van der Waals surface area (Å²) in [5.74, 6) is -0.339. The first kappa shape index (κ1) is 23.3. The summed E-state index contributed by atoms with van der Waals surface area (Å²) >= 11 is 3.44. The fraction of sp³-hybridized carbons (Fsp3) is 0.160. The van der Waals surface area contributed by atoms with Crippen molar-refractivity contribution >= 4 is 39.9 Å². The molecule has 9 heteroatoms. The number of carbonyl (C=O) groups excluding carboxylic acids is 3. The first-order valence-corrected chi connectivity index (χ1v) is 11.1. The zero-order valence-electron chi connectivity index (χ0n) is 18.5. The third-order valence-corrected chi connectivity index (χ3v) is 5.57. The molecule has 1 aliphatic heterocycles. The number of hydrogen-bond donors (Lipinski definition) is 1. The van der Waals surface area contributed by atoms with Crippen LogP contribution in [0.3, 0.4) is 0 Å². The summed E-state index contributed by atoms with van der Waals surface area (Å²) < 4.78 is 16.8. The Morgan fingerprint density at radius 2 is 1.97 bits per heavy atom. The molecule has 34 heavy (non-hydrogen) atoms. The van der Waals surface area contributed by atoms with Gasteiger partial charge in [-0.05, 0) is 48.9 Å². The van der Waals surface area contributed by atoms with Crippen molar-refractivity contribution in [3.05, 3.63) is 93.0 Å². The molecule has 4 rings (SSSR count). The van der Waals surface area contributed by atoms with Gasteiger partial charge in [0.25, 0.3) is 5.91 Å². The Hall–Kier alpha value is -3.85. The molecule has 8 nitrogen and oxygen atoms in total. The Morgan fingerprint density at radius 3 is 2.74 bits per heavy atom. The van der Waals surface area contributed by atoms with Gasteiger partial charge in [-0.3, -0.25) is 9.69 Å². The average molecular weight is 525 g/mol. The fourth-order valence-electron chi connectivity index (χ4n) is 3.43. The van der Waals surface area contributed by atoms with Crippen molar-refractivity contribution in [3.8, 4) is 5.75 Å². The van der Waals surface area contributed by atoms with E-state index in [-0.39, 0.29) is 23.8 Å². The monoisotopic (exact) mass is 524 g/mol. The topological polar surface area (TPSA) is 98.1 Å². The number of ether oxygens (including phenoxy) is 2. The molecule has 1 saturated heterocycles. The lowest BCUT2D eigenvalue weighted by atomic mass is 10.1. The number of hydrogen-bond acceptors (Lipinski definition) is 6. The summed E-state index contributed by atoms with van der Waals surface area (Å²) in [4.78, 5) is 37.9. The van der Waals surface area contributed by atoms with Gasteiger partial charge in [0.15, 0.2) is 0 Å². The molecular formula is C25H21BrN2O6. The first-order chi connectivity index (χ1) is 16.3. The maximum atomic E-state index is 12.9. The number of nitrogens with one attached hydrogen (secondary N) is 1. The number of imide groups is 1. The normalized spacial score (nSPS) is 14.4. The van der Waals surface area contributed by atoms with Crippen molar-refractivity contribution < 1.29 is 28.3 Å². The zero-order chi connectivity index (χ0) is 24.2. The lowest BCUT2D eigenvalue weighted by molar-refractivity contribution is -0.123. The highest BCUT2D eigenvalue weighted by Crippen LogP contribution is 2.28. The van der Waals surface area contributed by atoms with E-state index in [0.717, 1.165) is 20.5 Å². The van der Waals surface area contributed by atoms with Gasteiger partial charge in [-0.2, -0.15) is 0 Å². The second-order valence-electron chi connectivity index (χ2n) is 7.60. The van der Waals surface area contributed by atoms with Crippen molar-refractivity contribution in [1.82, 2.24) is 10.2 Å². The van der Waals surface area contributed by atoms with Crippen LogP contribution in [0.1, 0.15) is 33.0 Å². The molecule has 0 radical (unpaired) electrons. The predicted octanol–water partition coefficient (Wildman–Crippen LogP) is 4.81. The number of carbonyl (C=O) groups is 3. The highest BCUT2D eigenvalue weighted by atomic mass is 79.9. The Balaban J connectivity index is 1.52. The van der Waals surface area contributed by atoms with E-state index in [1.165, 1.54) is 19.2 Å². The first-order valence-electron chi connectivity index (χ1n) is 10.3. The Kier molecular flexibility index (Phi) is 6.83. The molecule has 174 valence electrons. The predicted molar refractivity (Wildman–Crippen MR) is 127 cm³/mol. The summed E-state index contributed by atoms with van der Waals surface area (Å²) in [6.07, 6.45) is 1.57. The van der Waals surface area contributed by atoms with Crippen LogP contribution in [0.25, 0.3) is 6.08 Å². The zero-order valence-corrected chi connectivity index (χ0v) is 20.0. The number of benzene rings is 2. The van der Waals surface area contributed by atoms with Crippen molar-refractivity contribution in [2.24, 2.45) is 0 Å². The van der Waals surface area contributed by atoms with Gasteiger partial charge < -0.3 is 19.2 Å². The largest absolute Gasteiger partial charge is 0.488 e. The standard InChI is InChI=1S/C25H21BrN2O6/c1-15-4-3-5-16(10-15)14-33-21-8-6-18(26)11-17(21)12-20-23(29)28(25(31)27-20)13-19-7-9-22(34-19)24(30)32-2/h3-12H,13-14H2,1-2H3,(H,27,31)/b20-12-. The van der Waals surface area contributed by atoms with Crippen molar-refractivity contribution in [1.29, 1.82) is 0 Å². The van der Waals surface area contributed by atoms with Crippen LogP contribution in [0.15, 0.2) is 69.2 Å². The van der Waals surface area contributed by atoms with Crippen LogP contribution in [0, 0.1) is 6.92 Å². The Labute approximate surface area is 204 Å². The second-order valence-corrected chi connectivity index (χ2v) is 8.51. The number of methoxy groups -OCH3 is 1. The van der Waals surface area contributed by atoms with Crippen molar-refractivity contribution in [2.45, 2.75) is 20.1 Å². The maximum absolute atomic E-state index is 12.9. The van der Waals surface area contributed by atoms with E-state index in [9.17, 15) is 14.4 Å². The van der Waals surface area contributed by atoms with E-state index < -0.39 is 17.9 Å². The summed E-state index contributed by atoms with van der Waals surface area (Å²) in [6, 6.07) is 15.8. The molecule has 0 unspecified atom stereocenters. The van der Waals surface area contributed by atoms with Gasteiger partial charge in [-0.1, -0.05) is 45.8 Å². The molecule has 0 spiro atoms. The number of amides is 3. The number of urea groups is 1. The lowest BCUT2D eigenvalue weighted by Crippen LogP contribution is -2.30. The number of rotatable bonds is 7. The number of furan rings is 1. The third kappa shape index (κ3) is 5.20. The lowest BCUT2D eigenvalue weighted by Gasteiger charge is -2.11. The van der Waals surface area contributed by atoms with E-state index in [4.69, 9.17) is 9.15 Å². The number of esters is 1. The molecule has 2 aromatic carbocycles. The molecule has 0 atom stereocenters. The van der Waals surface area contributed by atoms with Gasteiger partial charge in [0, 0.05) is 10.0 Å². The molecular weight excluding hydrogens is 504 g/mol. The highest BCUT2D eigenvalue weighted by Gasteiger charge is 2.34. The number of halogens is 1. The summed E-state index contributed by atoms with van der Waals surface area (Å²) in [6.45, 7) is 2.24. The Bertz CT molecular complexity index is 1300. The minimum atomic E-state index is -0.642. The quantitative estimate of drug-likeness (QED) is 0.270. The van der Waals surface area contributed by atoms with Crippen LogP contribution < -0.4 is 10.1 Å². The fourth-order valence-corrected chi connectivity index (χ4v) is 3.81. The second kappa shape index (κ2) is 9.96. The Morgan fingerprint density at radius 1 is 1.15 bits per heavy atom. The minimum Gasteiger partial charge on any atom is -0.488 e. The minimum absolute atomic E-state index is 0.00939. The van der Waals surface area contributed by atoms with Gasteiger partial charge in [0.1, 0.15) is 23.8 Å². The average Bonchev–Trinajstić information content (AvgIpc) is 3.38. The van der Waals surface area contributed by atoms with Gasteiger partial charge in [-0.15, -0.1) is 0 Å². The van der Waals surface area contributed by atoms with E-state index in [1.807, 2.05) is 37.3 Å². The van der Waals surface area contributed by atoms with E-state index >= 15 is 0 Å². The van der Waals surface area contributed by atoms with Crippen molar-refractivity contribution in [2.75, 3.05) is 7.11 Å². The van der Waals surface area contributed by atoms with E-state index in [2.05, 4.69) is 26.0 Å². The van der Waals surface area contributed by atoms with Crippen LogP contribution in [-0.4, -0.2) is 29.9 Å². The van der Waals surface area contributed by atoms with Crippen LogP contribution >= 0.6 is 15.9 Å². The van der Waals surface area contributed by atoms with Gasteiger partial charge in [0.05, 0.1) is 13.7 Å². The SMILES string of the molecule is COC(=O)c1ccc(CN2C(=O)N/C(=C\c3cc(Br)ccc3OCc3cccc(C)c3)C2=O)o1. The summed E-state index contributed by atoms with van der Waals surface area (Å²) in [7, 11) is 1.24. The number of aryl methyl sites for hydroxylation is 1. The molecule has 1 N–H and O–H groups in total. The van der Waals surface area contributed by atoms with Crippen LogP contribution in [0.5, 0.6) is 5.75 Å².